The molecule has 0 bridgehead atoms. The van der Waals surface area contributed by atoms with Crippen LogP contribution in [0.15, 0.2) is 54.6 Å². The third-order valence-electron chi connectivity index (χ3n) is 4.77. The summed E-state index contributed by atoms with van der Waals surface area (Å²) < 4.78 is 5.29. The SMILES string of the molecule is COc1ccccc1NC(=O)[C@H](C)N1CC=C(c2ccc(O)cc2)CC1. The average molecular weight is 352 g/mol. The number of aromatic hydroxyl groups is 1. The van der Waals surface area contributed by atoms with Crippen LogP contribution in [0.25, 0.3) is 5.57 Å². The lowest BCUT2D eigenvalue weighted by Crippen LogP contribution is -2.44. The first-order valence-corrected chi connectivity index (χ1v) is 8.75. The Morgan fingerprint density at radius 3 is 2.58 bits per heavy atom. The zero-order chi connectivity index (χ0) is 18.5. The van der Waals surface area contributed by atoms with Crippen molar-refractivity contribution in [3.63, 3.8) is 0 Å². The Kier molecular flexibility index (Phi) is 5.58. The van der Waals surface area contributed by atoms with Gasteiger partial charge in [-0.25, -0.2) is 0 Å². The smallest absolute Gasteiger partial charge is 0.241 e. The maximum Gasteiger partial charge on any atom is 0.241 e. The third kappa shape index (κ3) is 4.06. The van der Waals surface area contributed by atoms with Crippen LogP contribution in [0.3, 0.4) is 0 Å². The van der Waals surface area contributed by atoms with Gasteiger partial charge in [-0.05, 0) is 48.7 Å². The van der Waals surface area contributed by atoms with Crippen molar-refractivity contribution >= 4 is 17.2 Å². The van der Waals surface area contributed by atoms with Crippen LogP contribution in [0.5, 0.6) is 11.5 Å². The van der Waals surface area contributed by atoms with Crippen molar-refractivity contribution in [2.24, 2.45) is 0 Å². The molecule has 0 unspecified atom stereocenters. The minimum Gasteiger partial charge on any atom is -0.508 e. The topological polar surface area (TPSA) is 61.8 Å². The van der Waals surface area contributed by atoms with Gasteiger partial charge in [0.15, 0.2) is 0 Å². The predicted octanol–water partition coefficient (Wildman–Crippen LogP) is 3.52. The van der Waals surface area contributed by atoms with E-state index in [0.717, 1.165) is 25.1 Å². The number of anilines is 1. The van der Waals surface area contributed by atoms with E-state index in [1.54, 1.807) is 19.2 Å². The first kappa shape index (κ1) is 18.0. The summed E-state index contributed by atoms with van der Waals surface area (Å²) in [6, 6.07) is 14.4. The number of carbonyl (C=O) groups is 1. The molecule has 0 radical (unpaired) electrons. The van der Waals surface area contributed by atoms with Crippen molar-refractivity contribution in [3.8, 4) is 11.5 Å². The quantitative estimate of drug-likeness (QED) is 0.864. The molecule has 5 nitrogen and oxygen atoms in total. The zero-order valence-corrected chi connectivity index (χ0v) is 15.1. The summed E-state index contributed by atoms with van der Waals surface area (Å²) in [5.41, 5.74) is 3.05. The number of para-hydroxylation sites is 2. The lowest BCUT2D eigenvalue weighted by Gasteiger charge is -2.31. The monoisotopic (exact) mass is 352 g/mol. The summed E-state index contributed by atoms with van der Waals surface area (Å²) in [5, 5.41) is 12.4. The van der Waals surface area contributed by atoms with Crippen LogP contribution in [0.2, 0.25) is 0 Å². The van der Waals surface area contributed by atoms with E-state index in [-0.39, 0.29) is 17.7 Å². The van der Waals surface area contributed by atoms with Gasteiger partial charge in [0.25, 0.3) is 0 Å². The maximum atomic E-state index is 12.6. The second-order valence-corrected chi connectivity index (χ2v) is 6.39. The summed E-state index contributed by atoms with van der Waals surface area (Å²) >= 11 is 0. The number of rotatable bonds is 5. The molecule has 0 saturated heterocycles. The number of hydrogen-bond acceptors (Lipinski definition) is 4. The van der Waals surface area contributed by atoms with Gasteiger partial charge in [0.1, 0.15) is 11.5 Å². The van der Waals surface area contributed by atoms with Crippen LogP contribution in [0.4, 0.5) is 5.69 Å². The Labute approximate surface area is 153 Å². The Balaban J connectivity index is 1.63. The fourth-order valence-electron chi connectivity index (χ4n) is 3.13. The summed E-state index contributed by atoms with van der Waals surface area (Å²) in [6.45, 7) is 3.45. The van der Waals surface area contributed by atoms with Gasteiger partial charge in [0, 0.05) is 13.1 Å². The highest BCUT2D eigenvalue weighted by Crippen LogP contribution is 2.26. The van der Waals surface area contributed by atoms with Gasteiger partial charge in [0.2, 0.25) is 5.91 Å². The summed E-state index contributed by atoms with van der Waals surface area (Å²) in [7, 11) is 1.59. The van der Waals surface area contributed by atoms with E-state index in [9.17, 15) is 9.90 Å². The number of ether oxygens (including phenoxy) is 1. The molecule has 1 atom stereocenters. The van der Waals surface area contributed by atoms with Crippen LogP contribution in [-0.2, 0) is 4.79 Å². The summed E-state index contributed by atoms with van der Waals surface area (Å²) in [6.07, 6.45) is 3.03. The van der Waals surface area contributed by atoms with Crippen LogP contribution in [0, 0.1) is 0 Å². The van der Waals surface area contributed by atoms with Crippen LogP contribution in [0.1, 0.15) is 18.9 Å². The molecule has 2 aromatic rings. The highest BCUT2D eigenvalue weighted by atomic mass is 16.5. The molecule has 1 heterocycles. The number of hydrogen-bond donors (Lipinski definition) is 2. The van der Waals surface area contributed by atoms with E-state index in [1.807, 2.05) is 43.3 Å². The van der Waals surface area contributed by atoms with E-state index in [2.05, 4.69) is 16.3 Å². The summed E-state index contributed by atoms with van der Waals surface area (Å²) in [5.74, 6) is 0.880. The molecule has 26 heavy (non-hydrogen) atoms. The van der Waals surface area contributed by atoms with Crippen molar-refractivity contribution < 1.29 is 14.6 Å². The van der Waals surface area contributed by atoms with Gasteiger partial charge in [-0.15, -0.1) is 0 Å². The first-order chi connectivity index (χ1) is 12.6. The number of methoxy groups -OCH3 is 1. The molecule has 2 aromatic carbocycles. The highest BCUT2D eigenvalue weighted by Gasteiger charge is 2.24. The van der Waals surface area contributed by atoms with Gasteiger partial charge >= 0.3 is 0 Å². The highest BCUT2D eigenvalue weighted by molar-refractivity contribution is 5.95. The number of carbonyl (C=O) groups excluding carboxylic acids is 1. The molecule has 0 spiro atoms. The summed E-state index contributed by atoms with van der Waals surface area (Å²) in [4.78, 5) is 14.8. The lowest BCUT2D eigenvalue weighted by atomic mass is 9.98. The lowest BCUT2D eigenvalue weighted by molar-refractivity contribution is -0.120. The fourth-order valence-corrected chi connectivity index (χ4v) is 3.13. The molecule has 136 valence electrons. The maximum absolute atomic E-state index is 12.6. The van der Waals surface area contributed by atoms with E-state index in [1.165, 1.54) is 5.57 Å². The molecular formula is C21H24N2O3. The Hall–Kier alpha value is -2.79. The van der Waals surface area contributed by atoms with E-state index < -0.39 is 0 Å². The van der Waals surface area contributed by atoms with Crippen LogP contribution < -0.4 is 10.1 Å². The van der Waals surface area contributed by atoms with Crippen molar-refractivity contribution in [2.45, 2.75) is 19.4 Å². The van der Waals surface area contributed by atoms with Crippen molar-refractivity contribution in [3.05, 3.63) is 60.2 Å². The van der Waals surface area contributed by atoms with Crippen molar-refractivity contribution in [1.29, 1.82) is 0 Å². The average Bonchev–Trinajstić information content (AvgIpc) is 2.68. The fraction of sp³-hybridized carbons (Fsp3) is 0.286. The normalized spacial score (nSPS) is 15.8. The van der Waals surface area contributed by atoms with Crippen LogP contribution >= 0.6 is 0 Å². The number of nitrogens with zero attached hydrogens (tertiary/aromatic N) is 1. The molecule has 0 fully saturated rings. The van der Waals surface area contributed by atoms with Gasteiger partial charge in [0.05, 0.1) is 18.8 Å². The molecule has 0 aromatic heterocycles. The Bertz CT molecular complexity index is 799. The standard InChI is InChI=1S/C21H24N2O3/c1-15(21(25)22-19-5-3-4-6-20(19)26-2)23-13-11-17(12-14-23)16-7-9-18(24)10-8-16/h3-11,15,24H,12-14H2,1-2H3,(H,22,25)/t15-/m0/s1. The largest absolute Gasteiger partial charge is 0.508 e. The first-order valence-electron chi connectivity index (χ1n) is 8.75. The number of nitrogens with one attached hydrogen (secondary N) is 1. The minimum absolute atomic E-state index is 0.0454. The molecular weight excluding hydrogens is 328 g/mol. The van der Waals surface area contributed by atoms with Crippen LogP contribution in [-0.4, -0.2) is 42.2 Å². The predicted molar refractivity (Wildman–Crippen MR) is 103 cm³/mol. The minimum atomic E-state index is -0.238. The number of phenols is 1. The molecule has 0 aliphatic carbocycles. The van der Waals surface area contributed by atoms with Gasteiger partial charge in [-0.3, -0.25) is 9.69 Å². The van der Waals surface area contributed by atoms with Gasteiger partial charge < -0.3 is 15.2 Å². The number of amides is 1. The molecule has 1 aliphatic rings. The van der Waals surface area contributed by atoms with Gasteiger partial charge in [-0.2, -0.15) is 0 Å². The zero-order valence-electron chi connectivity index (χ0n) is 15.1. The van der Waals surface area contributed by atoms with E-state index in [0.29, 0.717) is 11.4 Å². The Morgan fingerprint density at radius 2 is 1.92 bits per heavy atom. The molecule has 1 aliphatic heterocycles. The third-order valence-corrected chi connectivity index (χ3v) is 4.77. The molecule has 1 amide bonds. The second kappa shape index (κ2) is 8.06. The van der Waals surface area contributed by atoms with Crippen molar-refractivity contribution in [1.82, 2.24) is 4.90 Å². The molecule has 2 N–H and O–H groups in total. The number of phenolic OH excluding ortho intramolecular Hbond substituents is 1. The second-order valence-electron chi connectivity index (χ2n) is 6.39. The molecule has 5 heteroatoms. The van der Waals surface area contributed by atoms with Gasteiger partial charge in [-0.1, -0.05) is 30.3 Å². The Morgan fingerprint density at radius 1 is 1.19 bits per heavy atom. The molecule has 3 rings (SSSR count). The van der Waals surface area contributed by atoms with E-state index in [4.69, 9.17) is 4.74 Å². The van der Waals surface area contributed by atoms with E-state index >= 15 is 0 Å². The molecule has 0 saturated carbocycles. The number of benzene rings is 2. The van der Waals surface area contributed by atoms with Crippen molar-refractivity contribution in [2.75, 3.05) is 25.5 Å².